The SMILES string of the molecule is COc1cc(O)c2c(c1)C(=O)c1c(cc3c(c1O)-c1c(cc(C)c(C(=O)N[C@H](C)C(=O)O)c1O)[C@H](O)[C@H]3OC)C2=O. The zero-order chi connectivity index (χ0) is 30.1. The van der Waals surface area contributed by atoms with Gasteiger partial charge in [-0.25, -0.2) is 0 Å². The van der Waals surface area contributed by atoms with Crippen molar-refractivity contribution in [2.24, 2.45) is 0 Å². The van der Waals surface area contributed by atoms with Crippen molar-refractivity contribution in [2.75, 3.05) is 14.2 Å². The van der Waals surface area contributed by atoms with Gasteiger partial charge in [-0.1, -0.05) is 6.07 Å². The number of benzene rings is 3. The number of fused-ring (bicyclic) bond motifs is 5. The summed E-state index contributed by atoms with van der Waals surface area (Å²) >= 11 is 0. The lowest BCUT2D eigenvalue weighted by Crippen LogP contribution is -2.38. The largest absolute Gasteiger partial charge is 0.507 e. The van der Waals surface area contributed by atoms with Gasteiger partial charge in [-0.05, 0) is 42.7 Å². The van der Waals surface area contributed by atoms with Gasteiger partial charge < -0.3 is 40.3 Å². The van der Waals surface area contributed by atoms with E-state index in [1.807, 2.05) is 0 Å². The van der Waals surface area contributed by atoms with Crippen LogP contribution in [0, 0.1) is 6.92 Å². The van der Waals surface area contributed by atoms with Crippen LogP contribution in [0.2, 0.25) is 0 Å². The molecule has 6 N–H and O–H groups in total. The van der Waals surface area contributed by atoms with Crippen molar-refractivity contribution < 1.29 is 54.2 Å². The molecule has 0 fully saturated rings. The number of aliphatic hydroxyl groups excluding tert-OH is 1. The second-order valence-corrected chi connectivity index (χ2v) is 9.86. The summed E-state index contributed by atoms with van der Waals surface area (Å²) in [5.41, 5.74) is -1.59. The minimum absolute atomic E-state index is 0.0331. The molecule has 0 aliphatic heterocycles. The van der Waals surface area contributed by atoms with Crippen LogP contribution in [0.4, 0.5) is 0 Å². The molecule has 212 valence electrons. The molecule has 0 aromatic heterocycles. The summed E-state index contributed by atoms with van der Waals surface area (Å²) in [6.45, 7) is 2.70. The highest BCUT2D eigenvalue weighted by atomic mass is 16.5. The Labute approximate surface area is 232 Å². The summed E-state index contributed by atoms with van der Waals surface area (Å²) in [5, 5.41) is 56.2. The Hall–Kier alpha value is -4.94. The van der Waals surface area contributed by atoms with Gasteiger partial charge in [0.25, 0.3) is 5.91 Å². The van der Waals surface area contributed by atoms with Crippen molar-refractivity contribution in [3.05, 3.63) is 68.8 Å². The smallest absolute Gasteiger partial charge is 0.325 e. The maximum atomic E-state index is 13.7. The predicted octanol–water partition coefficient (Wildman–Crippen LogP) is 2.50. The van der Waals surface area contributed by atoms with E-state index in [2.05, 4.69) is 5.32 Å². The van der Waals surface area contributed by atoms with E-state index in [1.165, 1.54) is 52.3 Å². The van der Waals surface area contributed by atoms with Crippen molar-refractivity contribution >= 4 is 23.4 Å². The van der Waals surface area contributed by atoms with Crippen LogP contribution in [-0.4, -0.2) is 69.2 Å². The van der Waals surface area contributed by atoms with Crippen LogP contribution in [0.25, 0.3) is 11.1 Å². The Balaban J connectivity index is 1.81. The van der Waals surface area contributed by atoms with E-state index in [0.717, 1.165) is 0 Å². The van der Waals surface area contributed by atoms with Gasteiger partial charge in [-0.2, -0.15) is 0 Å². The van der Waals surface area contributed by atoms with Crippen LogP contribution in [0.1, 0.15) is 78.0 Å². The van der Waals surface area contributed by atoms with Crippen molar-refractivity contribution in [3.8, 4) is 34.1 Å². The third-order valence-corrected chi connectivity index (χ3v) is 7.49. The van der Waals surface area contributed by atoms with Gasteiger partial charge in [0, 0.05) is 35.4 Å². The van der Waals surface area contributed by atoms with E-state index >= 15 is 0 Å². The number of aryl methyl sites for hydroxylation is 1. The van der Waals surface area contributed by atoms with Gasteiger partial charge >= 0.3 is 5.97 Å². The molecular formula is C29H25NO11. The number of carboxylic acids is 1. The summed E-state index contributed by atoms with van der Waals surface area (Å²) in [5.74, 6) is -5.65. The number of hydrogen-bond acceptors (Lipinski definition) is 10. The highest BCUT2D eigenvalue weighted by molar-refractivity contribution is 6.31. The number of aliphatic carboxylic acids is 1. The van der Waals surface area contributed by atoms with Crippen LogP contribution >= 0.6 is 0 Å². The number of rotatable bonds is 5. The first-order valence-corrected chi connectivity index (χ1v) is 12.4. The van der Waals surface area contributed by atoms with Crippen molar-refractivity contribution in [1.82, 2.24) is 5.32 Å². The van der Waals surface area contributed by atoms with Gasteiger partial charge in [0.1, 0.15) is 41.2 Å². The zero-order valence-electron chi connectivity index (χ0n) is 22.2. The van der Waals surface area contributed by atoms with E-state index in [0.29, 0.717) is 0 Å². The zero-order valence-corrected chi connectivity index (χ0v) is 22.2. The Kier molecular flexibility index (Phi) is 6.47. The maximum Gasteiger partial charge on any atom is 0.325 e. The molecule has 2 aliphatic rings. The number of methoxy groups -OCH3 is 2. The van der Waals surface area contributed by atoms with Crippen molar-refractivity contribution in [1.29, 1.82) is 0 Å². The van der Waals surface area contributed by atoms with Gasteiger partial charge in [-0.3, -0.25) is 19.2 Å². The van der Waals surface area contributed by atoms with Crippen LogP contribution < -0.4 is 10.1 Å². The summed E-state index contributed by atoms with van der Waals surface area (Å²) in [6.07, 6.45) is -2.62. The summed E-state index contributed by atoms with van der Waals surface area (Å²) < 4.78 is 10.6. The van der Waals surface area contributed by atoms with Gasteiger partial charge in [0.2, 0.25) is 0 Å². The van der Waals surface area contributed by atoms with Crippen LogP contribution in [0.15, 0.2) is 24.3 Å². The van der Waals surface area contributed by atoms with Gasteiger partial charge in [0.05, 0.1) is 23.8 Å². The minimum atomic E-state index is -1.45. The highest BCUT2D eigenvalue weighted by Crippen LogP contribution is 2.56. The number of phenols is 3. The molecule has 0 heterocycles. The molecule has 2 aliphatic carbocycles. The number of amides is 1. The van der Waals surface area contributed by atoms with E-state index in [4.69, 9.17) is 9.47 Å². The van der Waals surface area contributed by atoms with Crippen LogP contribution in [0.3, 0.4) is 0 Å². The molecule has 3 aromatic rings. The average Bonchev–Trinajstić information content (AvgIpc) is 2.91. The second-order valence-electron chi connectivity index (χ2n) is 9.86. The first-order valence-electron chi connectivity index (χ1n) is 12.4. The van der Waals surface area contributed by atoms with Crippen molar-refractivity contribution in [3.63, 3.8) is 0 Å². The van der Waals surface area contributed by atoms with Crippen LogP contribution in [0.5, 0.6) is 23.0 Å². The highest BCUT2D eigenvalue weighted by Gasteiger charge is 2.43. The third kappa shape index (κ3) is 3.90. The number of carbonyl (C=O) groups excluding carboxylic acids is 3. The molecule has 0 unspecified atom stereocenters. The molecule has 1 amide bonds. The summed E-state index contributed by atoms with van der Waals surface area (Å²) in [6, 6.07) is 3.75. The number of carboxylic acid groups (broad SMARTS) is 1. The van der Waals surface area contributed by atoms with Crippen molar-refractivity contribution in [2.45, 2.75) is 32.1 Å². The molecule has 12 heteroatoms. The first kappa shape index (κ1) is 27.6. The molecule has 0 saturated heterocycles. The number of phenolic OH excluding ortho intramolecular Hbond substituents is 3. The normalized spacial score (nSPS) is 17.6. The lowest BCUT2D eigenvalue weighted by molar-refractivity contribution is -0.138. The average molecular weight is 564 g/mol. The van der Waals surface area contributed by atoms with E-state index in [1.54, 1.807) is 0 Å². The number of aromatic hydroxyl groups is 3. The number of ketones is 2. The molecule has 0 bridgehead atoms. The predicted molar refractivity (Wildman–Crippen MR) is 141 cm³/mol. The lowest BCUT2D eigenvalue weighted by atomic mass is 9.74. The van der Waals surface area contributed by atoms with Gasteiger partial charge in [-0.15, -0.1) is 0 Å². The molecular weight excluding hydrogens is 538 g/mol. The molecule has 5 rings (SSSR count). The number of ether oxygens (including phenoxy) is 2. The molecule has 41 heavy (non-hydrogen) atoms. The number of carbonyl (C=O) groups is 4. The lowest BCUT2D eigenvalue weighted by Gasteiger charge is -2.35. The molecule has 0 radical (unpaired) electrons. The second kappa shape index (κ2) is 9.61. The summed E-state index contributed by atoms with van der Waals surface area (Å²) in [7, 11) is 2.59. The van der Waals surface area contributed by atoms with Gasteiger partial charge in [0.15, 0.2) is 11.6 Å². The number of hydrogen-bond donors (Lipinski definition) is 6. The topological polar surface area (TPSA) is 200 Å². The first-order chi connectivity index (χ1) is 19.3. The molecule has 0 spiro atoms. The Morgan fingerprint density at radius 3 is 2.10 bits per heavy atom. The quantitative estimate of drug-likeness (QED) is 0.208. The molecule has 12 nitrogen and oxygen atoms in total. The molecule has 3 atom stereocenters. The summed E-state index contributed by atoms with van der Waals surface area (Å²) in [4.78, 5) is 51.5. The van der Waals surface area contributed by atoms with E-state index in [-0.39, 0.29) is 55.8 Å². The number of aliphatic hydroxyl groups is 1. The fraction of sp³-hybridized carbons (Fsp3) is 0.241. The third-order valence-electron chi connectivity index (χ3n) is 7.49. The van der Waals surface area contributed by atoms with E-state index < -0.39 is 64.5 Å². The number of nitrogens with one attached hydrogen (secondary N) is 1. The fourth-order valence-electron chi connectivity index (χ4n) is 5.52. The Morgan fingerprint density at radius 1 is 0.878 bits per heavy atom. The fourth-order valence-corrected chi connectivity index (χ4v) is 5.52. The monoisotopic (exact) mass is 563 g/mol. The van der Waals surface area contributed by atoms with Crippen LogP contribution in [-0.2, 0) is 9.53 Å². The minimum Gasteiger partial charge on any atom is -0.507 e. The Bertz CT molecular complexity index is 1710. The maximum absolute atomic E-state index is 13.7. The standard InChI is InChI=1S/C29H25NO11/c1-9-5-12-19(25(35)17(9)28(37)30-10(2)29(38)39)20-15(27(41-4)24(12)34)8-14-21(26(20)36)23(33)13-6-11(40-3)7-16(31)18(13)22(14)32/h5-8,10,24,27,31,34-36H,1-4H3,(H,30,37)(H,38,39)/t10-,24+,27+/m1/s1. The Morgan fingerprint density at radius 2 is 1.49 bits per heavy atom. The molecule has 3 aromatic carbocycles. The molecule has 0 saturated carbocycles. The van der Waals surface area contributed by atoms with E-state index in [9.17, 15) is 44.7 Å².